The van der Waals surface area contributed by atoms with Crippen molar-refractivity contribution in [1.29, 1.82) is 0 Å². The largest absolute Gasteiger partial charge is 0.268 e. The summed E-state index contributed by atoms with van der Waals surface area (Å²) in [5.41, 5.74) is 0.524. The number of nitrogens with zero attached hydrogens (tertiary/aromatic N) is 4. The van der Waals surface area contributed by atoms with E-state index in [9.17, 15) is 9.59 Å². The number of imidazole rings is 2. The average molecular weight is 541 g/mol. The number of pyridine rings is 2. The third-order valence-electron chi connectivity index (χ3n) is 6.72. The number of benzene rings is 2. The van der Waals surface area contributed by atoms with Gasteiger partial charge in [-0.05, 0) is 62.4 Å². The van der Waals surface area contributed by atoms with Gasteiger partial charge in [0.15, 0.2) is 0 Å². The first-order valence-corrected chi connectivity index (χ1v) is 13.0. The molecule has 0 amide bonds. The summed E-state index contributed by atoms with van der Waals surface area (Å²) < 4.78 is 3.18. The second-order valence-corrected chi connectivity index (χ2v) is 10.6. The molecule has 0 fully saturated rings. The van der Waals surface area contributed by atoms with Crippen LogP contribution in [0.3, 0.4) is 0 Å². The second-order valence-electron chi connectivity index (χ2n) is 9.26. The van der Waals surface area contributed by atoms with E-state index >= 15 is 0 Å². The molecule has 0 bridgehead atoms. The van der Waals surface area contributed by atoms with E-state index in [-0.39, 0.29) is 21.9 Å². The van der Waals surface area contributed by atoms with Crippen LogP contribution in [-0.4, -0.2) is 29.5 Å². The molecule has 0 saturated heterocycles. The molecule has 0 aliphatic heterocycles. The van der Waals surface area contributed by atoms with Gasteiger partial charge in [0, 0.05) is 32.3 Å². The van der Waals surface area contributed by atoms with Gasteiger partial charge in [-0.3, -0.25) is 18.4 Å². The highest BCUT2D eigenvalue weighted by atomic mass is 35.5. The van der Waals surface area contributed by atoms with Gasteiger partial charge in [0.2, 0.25) is 0 Å². The summed E-state index contributed by atoms with van der Waals surface area (Å²) in [6, 6.07) is 7.29. The molecule has 0 saturated carbocycles. The van der Waals surface area contributed by atoms with E-state index in [1.165, 1.54) is 0 Å². The zero-order chi connectivity index (χ0) is 26.9. The summed E-state index contributed by atoms with van der Waals surface area (Å²) in [5, 5.41) is 5.63. The second kappa shape index (κ2) is 8.79. The maximum Gasteiger partial charge on any atom is 0.264 e. The summed E-state index contributed by atoms with van der Waals surface area (Å²) in [5.74, 6) is 0. The van der Waals surface area contributed by atoms with Crippen LogP contribution in [0.15, 0.2) is 59.2 Å². The number of fused-ring (bicyclic) bond motifs is 4. The van der Waals surface area contributed by atoms with Crippen LogP contribution in [0.5, 0.6) is 0 Å². The Kier molecular flexibility index (Phi) is 5.63. The van der Waals surface area contributed by atoms with E-state index in [1.807, 2.05) is 26.0 Å². The van der Waals surface area contributed by atoms with E-state index in [0.29, 0.717) is 54.2 Å². The van der Waals surface area contributed by atoms with E-state index in [4.69, 9.17) is 33.2 Å². The highest BCUT2D eigenvalue weighted by molar-refractivity contribution is 6.27. The van der Waals surface area contributed by atoms with Crippen LogP contribution in [-0.2, 0) is 0 Å². The van der Waals surface area contributed by atoms with Gasteiger partial charge in [-0.25, -0.2) is 9.97 Å². The summed E-state index contributed by atoms with van der Waals surface area (Å²) in [6.07, 6.45) is 10.4. The molecule has 2 atom stereocenters. The fourth-order valence-corrected chi connectivity index (χ4v) is 5.60. The number of allylic oxidation sites excluding steroid dienone is 2. The lowest BCUT2D eigenvalue weighted by Crippen LogP contribution is -2.34. The Labute approximate surface area is 225 Å². The van der Waals surface area contributed by atoms with Gasteiger partial charge in [-0.1, -0.05) is 25.3 Å². The van der Waals surface area contributed by atoms with Crippen LogP contribution < -0.4 is 32.5 Å². The van der Waals surface area contributed by atoms with Crippen LogP contribution in [0, 0.1) is 0 Å². The summed E-state index contributed by atoms with van der Waals surface area (Å²) in [7, 11) is 0. The SMILES string of the molecule is C=C/C=c1/nc2c3ccc4c(=O)n5c(=C/C(C)Cl)/c(=C\C=C)nc5c5ccc(c(=O)n2/c1=C/C(C)Cl)c3c45. The van der Waals surface area contributed by atoms with E-state index in [1.54, 1.807) is 57.4 Å². The lowest BCUT2D eigenvalue weighted by atomic mass is 9.96. The molecular weight excluding hydrogens is 519 g/mol. The molecule has 2 aromatic carbocycles. The number of hydrogen-bond donors (Lipinski definition) is 0. The molecule has 38 heavy (non-hydrogen) atoms. The van der Waals surface area contributed by atoms with Gasteiger partial charge in [-0.15, -0.1) is 23.2 Å². The quantitative estimate of drug-likeness (QED) is 0.254. The van der Waals surface area contributed by atoms with Crippen LogP contribution in [0.1, 0.15) is 13.8 Å². The minimum Gasteiger partial charge on any atom is -0.268 e. The van der Waals surface area contributed by atoms with Crippen molar-refractivity contribution in [2.24, 2.45) is 0 Å². The molecule has 4 aromatic heterocycles. The summed E-state index contributed by atoms with van der Waals surface area (Å²) >= 11 is 12.6. The molecule has 2 unspecified atom stereocenters. The van der Waals surface area contributed by atoms with Crippen molar-refractivity contribution in [1.82, 2.24) is 18.8 Å². The molecule has 8 heteroatoms. The minimum absolute atomic E-state index is 0.233. The third-order valence-corrected chi connectivity index (χ3v) is 6.97. The molecule has 0 aliphatic rings. The molecular formula is C30H22Cl2N4O2. The maximum absolute atomic E-state index is 13.9. The average Bonchev–Trinajstić information content (AvgIpc) is 3.40. The number of halogens is 2. The zero-order valence-electron chi connectivity index (χ0n) is 20.7. The lowest BCUT2D eigenvalue weighted by Gasteiger charge is -2.12. The Balaban J connectivity index is 1.94. The fraction of sp³-hybridized carbons (Fsp3) is 0.133. The molecule has 0 radical (unpaired) electrons. The molecule has 6 nitrogen and oxygen atoms in total. The topological polar surface area (TPSA) is 68.7 Å². The van der Waals surface area contributed by atoms with Crippen LogP contribution in [0.4, 0.5) is 0 Å². The molecule has 188 valence electrons. The Morgan fingerprint density at radius 3 is 1.42 bits per heavy atom. The highest BCUT2D eigenvalue weighted by Crippen LogP contribution is 2.33. The van der Waals surface area contributed by atoms with Gasteiger partial charge in [0.1, 0.15) is 11.3 Å². The maximum atomic E-state index is 13.9. The predicted molar refractivity (Wildman–Crippen MR) is 159 cm³/mol. The predicted octanol–water partition coefficient (Wildman–Crippen LogP) is 2.79. The van der Waals surface area contributed by atoms with Crippen molar-refractivity contribution >= 4 is 91.1 Å². The van der Waals surface area contributed by atoms with Crippen molar-refractivity contribution in [3.05, 3.63) is 91.7 Å². The molecule has 4 heterocycles. The van der Waals surface area contributed by atoms with Crippen molar-refractivity contribution in [2.75, 3.05) is 0 Å². The Hall–Kier alpha value is -4.00. The highest BCUT2D eigenvalue weighted by Gasteiger charge is 2.21. The Morgan fingerprint density at radius 2 is 1.08 bits per heavy atom. The third kappa shape index (κ3) is 3.34. The standard InChI is InChI=1S/C30H22Cl2N4O2/c1-5-7-21-23(13-15(3)31)35-27(33-21)17-9-11-20-26-18(10-12-19(25(17)26)29(35)37)28-34-22(8-6-2)24(14-16(4)32)36(28)30(20)38/h5-16H,1-2H2,3-4H3/b21-7+,22-8+,23-13+,24-14+. The van der Waals surface area contributed by atoms with Crippen molar-refractivity contribution in [3.63, 3.8) is 0 Å². The molecule has 0 spiro atoms. The smallest absolute Gasteiger partial charge is 0.264 e. The molecule has 6 aromatic rings. The van der Waals surface area contributed by atoms with Crippen molar-refractivity contribution < 1.29 is 0 Å². The minimum atomic E-state index is -0.322. The number of hydrogen-bond acceptors (Lipinski definition) is 4. The zero-order valence-corrected chi connectivity index (χ0v) is 22.2. The van der Waals surface area contributed by atoms with Gasteiger partial charge < -0.3 is 0 Å². The summed E-state index contributed by atoms with van der Waals surface area (Å²) in [6.45, 7) is 11.2. The van der Waals surface area contributed by atoms with Crippen molar-refractivity contribution in [3.8, 4) is 0 Å². The van der Waals surface area contributed by atoms with E-state index in [2.05, 4.69) is 13.2 Å². The van der Waals surface area contributed by atoms with Crippen molar-refractivity contribution in [2.45, 2.75) is 24.6 Å². The molecule has 0 aliphatic carbocycles. The monoisotopic (exact) mass is 540 g/mol. The molecule has 0 N–H and O–H groups in total. The first kappa shape index (κ1) is 24.3. The van der Waals surface area contributed by atoms with E-state index < -0.39 is 0 Å². The summed E-state index contributed by atoms with van der Waals surface area (Å²) in [4.78, 5) is 37.4. The normalized spacial score (nSPS) is 16.2. The Morgan fingerprint density at radius 1 is 0.711 bits per heavy atom. The van der Waals surface area contributed by atoms with Gasteiger partial charge in [-0.2, -0.15) is 0 Å². The van der Waals surface area contributed by atoms with Gasteiger partial charge in [0.25, 0.3) is 11.1 Å². The Bertz CT molecular complexity index is 2160. The fourth-order valence-electron chi connectivity index (χ4n) is 5.36. The van der Waals surface area contributed by atoms with E-state index in [0.717, 1.165) is 10.8 Å². The van der Waals surface area contributed by atoms with Gasteiger partial charge >= 0.3 is 0 Å². The first-order valence-electron chi connectivity index (χ1n) is 12.1. The van der Waals surface area contributed by atoms with Crippen LogP contribution in [0.25, 0.3) is 67.9 Å². The van der Waals surface area contributed by atoms with Crippen LogP contribution >= 0.6 is 23.2 Å². The number of alkyl halides is 2. The van der Waals surface area contributed by atoms with Crippen LogP contribution in [0.2, 0.25) is 0 Å². The first-order chi connectivity index (χ1) is 18.3. The number of rotatable bonds is 4. The number of aromatic nitrogens is 4. The molecule has 6 rings (SSSR count). The lowest BCUT2D eigenvalue weighted by molar-refractivity contribution is 1.08. The van der Waals surface area contributed by atoms with Gasteiger partial charge in [0.05, 0.1) is 32.2 Å².